The molecule has 1 heterocycles. The van der Waals surface area contributed by atoms with Crippen molar-refractivity contribution in [3.63, 3.8) is 0 Å². The molecule has 24 heavy (non-hydrogen) atoms. The minimum Gasteiger partial charge on any atom is -0.508 e. The largest absolute Gasteiger partial charge is 0.508 e. The lowest BCUT2D eigenvalue weighted by Crippen LogP contribution is -2.44. The first-order chi connectivity index (χ1) is 11.3. The highest BCUT2D eigenvalue weighted by molar-refractivity contribution is 6.31. The standard InChI is InChI=1S/C17H15ClFNO4/c1-17(16(23)24-2)14-11(22)7-6-10(21)13(14)15(20-17)12-8(18)4-3-5-9(12)19/h3-7,15,20-22H,1-2H3/t15-,17-/m0/s1. The molecule has 2 aromatic rings. The van der Waals surface area contributed by atoms with Gasteiger partial charge in [-0.25, -0.2) is 9.18 Å². The average Bonchev–Trinajstić information content (AvgIpc) is 2.86. The highest BCUT2D eigenvalue weighted by atomic mass is 35.5. The summed E-state index contributed by atoms with van der Waals surface area (Å²) in [6, 6.07) is 5.82. The fourth-order valence-corrected chi connectivity index (χ4v) is 3.49. The van der Waals surface area contributed by atoms with E-state index in [1.165, 1.54) is 44.4 Å². The molecule has 0 aliphatic carbocycles. The summed E-state index contributed by atoms with van der Waals surface area (Å²) in [5, 5.41) is 23.6. The molecule has 0 spiro atoms. The van der Waals surface area contributed by atoms with Crippen LogP contribution in [-0.4, -0.2) is 23.3 Å². The highest BCUT2D eigenvalue weighted by Gasteiger charge is 2.50. The number of hydrogen-bond acceptors (Lipinski definition) is 5. The minimum absolute atomic E-state index is 0.0777. The number of nitrogens with one attached hydrogen (secondary N) is 1. The van der Waals surface area contributed by atoms with Crippen molar-refractivity contribution in [2.75, 3.05) is 7.11 Å². The van der Waals surface area contributed by atoms with Gasteiger partial charge in [0.2, 0.25) is 0 Å². The van der Waals surface area contributed by atoms with Crippen LogP contribution < -0.4 is 5.32 Å². The zero-order valence-electron chi connectivity index (χ0n) is 12.9. The molecule has 5 nitrogen and oxygen atoms in total. The summed E-state index contributed by atoms with van der Waals surface area (Å²) in [7, 11) is 1.21. The van der Waals surface area contributed by atoms with Crippen molar-refractivity contribution in [3.8, 4) is 11.5 Å². The number of benzene rings is 2. The van der Waals surface area contributed by atoms with Crippen LogP contribution in [0.1, 0.15) is 29.7 Å². The number of carbonyl (C=O) groups is 1. The van der Waals surface area contributed by atoms with Crippen LogP contribution in [0.15, 0.2) is 30.3 Å². The quantitative estimate of drug-likeness (QED) is 0.572. The Balaban J connectivity index is 2.31. The zero-order chi connectivity index (χ0) is 17.6. The van der Waals surface area contributed by atoms with E-state index >= 15 is 0 Å². The smallest absolute Gasteiger partial charge is 0.330 e. The van der Waals surface area contributed by atoms with Gasteiger partial charge in [-0.2, -0.15) is 0 Å². The third-order valence-electron chi connectivity index (χ3n) is 4.30. The number of phenolic OH excluding ortho intramolecular Hbond substituents is 2. The van der Waals surface area contributed by atoms with Crippen molar-refractivity contribution in [1.29, 1.82) is 0 Å². The van der Waals surface area contributed by atoms with Crippen LogP contribution in [0.3, 0.4) is 0 Å². The number of halogens is 2. The van der Waals surface area contributed by atoms with Gasteiger partial charge in [0.05, 0.1) is 13.2 Å². The Kier molecular flexibility index (Phi) is 3.89. The maximum atomic E-state index is 14.4. The van der Waals surface area contributed by atoms with E-state index < -0.39 is 23.4 Å². The number of phenols is 2. The lowest BCUT2D eigenvalue weighted by atomic mass is 9.89. The summed E-state index contributed by atoms with van der Waals surface area (Å²) in [4.78, 5) is 12.3. The average molecular weight is 352 g/mol. The number of esters is 1. The number of rotatable bonds is 2. The molecule has 0 bridgehead atoms. The van der Waals surface area contributed by atoms with Crippen LogP contribution in [0.2, 0.25) is 5.02 Å². The maximum Gasteiger partial charge on any atom is 0.330 e. The topological polar surface area (TPSA) is 78.8 Å². The number of aromatic hydroxyl groups is 2. The molecule has 7 heteroatoms. The predicted octanol–water partition coefficient (Wildman–Crippen LogP) is 2.97. The zero-order valence-corrected chi connectivity index (χ0v) is 13.7. The first-order valence-electron chi connectivity index (χ1n) is 7.16. The molecule has 2 aromatic carbocycles. The number of hydrogen-bond donors (Lipinski definition) is 3. The second-order valence-electron chi connectivity index (χ2n) is 5.72. The van der Waals surface area contributed by atoms with Crippen molar-refractivity contribution in [3.05, 3.63) is 57.9 Å². The van der Waals surface area contributed by atoms with E-state index in [2.05, 4.69) is 5.32 Å². The van der Waals surface area contributed by atoms with Gasteiger partial charge in [-0.15, -0.1) is 0 Å². The number of methoxy groups -OCH3 is 1. The van der Waals surface area contributed by atoms with Gasteiger partial charge in [0.15, 0.2) is 0 Å². The Hall–Kier alpha value is -2.31. The SMILES string of the molecule is COC(=O)[C@@]1(C)N[C@@H](c2c(F)cccc2Cl)c2c(O)ccc(O)c21. The first kappa shape index (κ1) is 16.5. The fraction of sp³-hybridized carbons (Fsp3) is 0.235. The van der Waals surface area contributed by atoms with Crippen molar-refractivity contribution in [2.24, 2.45) is 0 Å². The van der Waals surface area contributed by atoms with Crippen LogP contribution in [0, 0.1) is 5.82 Å². The van der Waals surface area contributed by atoms with Gasteiger partial charge >= 0.3 is 5.97 Å². The Morgan fingerprint density at radius 3 is 2.54 bits per heavy atom. The molecular formula is C17H15ClFNO4. The van der Waals surface area contributed by atoms with Crippen molar-refractivity contribution < 1.29 is 24.1 Å². The van der Waals surface area contributed by atoms with Crippen LogP contribution in [0.5, 0.6) is 11.5 Å². The fourth-order valence-electron chi connectivity index (χ4n) is 3.22. The Bertz CT molecular complexity index is 821. The molecule has 1 aliphatic heterocycles. The van der Waals surface area contributed by atoms with Crippen molar-refractivity contribution in [1.82, 2.24) is 5.32 Å². The van der Waals surface area contributed by atoms with E-state index in [9.17, 15) is 19.4 Å². The van der Waals surface area contributed by atoms with E-state index in [1.54, 1.807) is 0 Å². The number of ether oxygens (including phenoxy) is 1. The minimum atomic E-state index is -1.47. The Morgan fingerprint density at radius 2 is 1.92 bits per heavy atom. The summed E-state index contributed by atoms with van der Waals surface area (Å²) in [5.41, 5.74) is -1.06. The van der Waals surface area contributed by atoms with Crippen molar-refractivity contribution >= 4 is 17.6 Å². The molecule has 0 unspecified atom stereocenters. The molecule has 0 radical (unpaired) electrons. The molecule has 126 valence electrons. The molecule has 0 fully saturated rings. The van der Waals surface area contributed by atoms with Gasteiger partial charge in [0, 0.05) is 21.7 Å². The van der Waals surface area contributed by atoms with E-state index in [1.807, 2.05) is 0 Å². The van der Waals surface area contributed by atoms with Crippen LogP contribution in [0.25, 0.3) is 0 Å². The van der Waals surface area contributed by atoms with Gasteiger partial charge in [-0.3, -0.25) is 5.32 Å². The van der Waals surface area contributed by atoms with Gasteiger partial charge in [0.25, 0.3) is 0 Å². The van der Waals surface area contributed by atoms with Gasteiger partial charge in [-0.05, 0) is 31.2 Å². The van der Waals surface area contributed by atoms with E-state index in [0.29, 0.717) is 0 Å². The molecule has 0 saturated heterocycles. The maximum absolute atomic E-state index is 14.4. The van der Waals surface area contributed by atoms with Gasteiger partial charge < -0.3 is 14.9 Å². The van der Waals surface area contributed by atoms with E-state index in [4.69, 9.17) is 16.3 Å². The predicted molar refractivity (Wildman–Crippen MR) is 85.5 cm³/mol. The summed E-state index contributed by atoms with van der Waals surface area (Å²) in [6.45, 7) is 1.49. The third-order valence-corrected chi connectivity index (χ3v) is 4.63. The molecule has 0 saturated carbocycles. The second kappa shape index (κ2) is 5.65. The van der Waals surface area contributed by atoms with Crippen molar-refractivity contribution in [2.45, 2.75) is 18.5 Å². The molecule has 3 rings (SSSR count). The number of fused-ring (bicyclic) bond motifs is 1. The normalized spacial score (nSPS) is 22.2. The van der Waals surface area contributed by atoms with Gasteiger partial charge in [0.1, 0.15) is 22.9 Å². The van der Waals surface area contributed by atoms with E-state index in [-0.39, 0.29) is 33.2 Å². The lowest BCUT2D eigenvalue weighted by molar-refractivity contribution is -0.148. The van der Waals surface area contributed by atoms with Gasteiger partial charge in [-0.1, -0.05) is 17.7 Å². The molecule has 2 atom stereocenters. The summed E-state index contributed by atoms with van der Waals surface area (Å²) >= 11 is 6.13. The molecule has 1 aliphatic rings. The summed E-state index contributed by atoms with van der Waals surface area (Å²) in [6.07, 6.45) is 0. The first-order valence-corrected chi connectivity index (χ1v) is 7.54. The third kappa shape index (κ3) is 2.22. The Labute approximate surface area is 142 Å². The van der Waals surface area contributed by atoms with E-state index in [0.717, 1.165) is 0 Å². The molecule has 0 amide bonds. The van der Waals surface area contributed by atoms with Crippen LogP contribution in [0.4, 0.5) is 4.39 Å². The number of carbonyl (C=O) groups excluding carboxylic acids is 1. The lowest BCUT2D eigenvalue weighted by Gasteiger charge is -2.24. The molecule has 0 aromatic heterocycles. The van der Waals surface area contributed by atoms with Crippen LogP contribution in [-0.2, 0) is 15.1 Å². The Morgan fingerprint density at radius 1 is 1.25 bits per heavy atom. The molecular weight excluding hydrogens is 337 g/mol. The monoisotopic (exact) mass is 351 g/mol. The summed E-state index contributed by atoms with van der Waals surface area (Å²) < 4.78 is 19.2. The highest BCUT2D eigenvalue weighted by Crippen LogP contribution is 2.50. The van der Waals surface area contributed by atoms with Crippen LogP contribution >= 0.6 is 11.6 Å². The second-order valence-corrected chi connectivity index (χ2v) is 6.13. The summed E-state index contributed by atoms with van der Waals surface area (Å²) in [5.74, 6) is -1.67. The molecule has 3 N–H and O–H groups in total.